The molecule has 1 amide bonds. The molecule has 6 rings (SSSR count). The number of carbonyl (C=O) groups is 1. The van der Waals surface area contributed by atoms with E-state index in [0.29, 0.717) is 23.2 Å². The molecule has 0 radical (unpaired) electrons. The Balaban J connectivity index is 0.00000192. The first-order chi connectivity index (χ1) is 13.2. The highest BCUT2D eigenvalue weighted by Crippen LogP contribution is 2.53. The van der Waals surface area contributed by atoms with E-state index < -0.39 is 0 Å². The Bertz CT molecular complexity index is 824. The van der Waals surface area contributed by atoms with E-state index in [1.165, 1.54) is 43.4 Å². The van der Waals surface area contributed by atoms with Gasteiger partial charge in [-0.3, -0.25) is 4.79 Å². The quantitative estimate of drug-likeness (QED) is 0.677. The lowest BCUT2D eigenvalue weighted by atomic mass is 9.54. The summed E-state index contributed by atoms with van der Waals surface area (Å²) in [4.78, 5) is 13.4. The minimum atomic E-state index is -0.0278. The fourth-order valence-corrected chi connectivity index (χ4v) is 7.22. The zero-order valence-corrected chi connectivity index (χ0v) is 17.9. The summed E-state index contributed by atoms with van der Waals surface area (Å²) in [6.45, 7) is 1.52. The minimum Gasteiger partial charge on any atom is -0.494 e. The third kappa shape index (κ3) is 3.53. The van der Waals surface area contributed by atoms with Gasteiger partial charge < -0.3 is 15.4 Å². The summed E-state index contributed by atoms with van der Waals surface area (Å²) in [6.07, 6.45) is 7.20. The molecule has 152 valence electrons. The SMILES string of the molecule is COc1c(C(=O)NCCNC2C3CC4CC(C3)CC2C4)sc2ccccc12.Cl. The maximum Gasteiger partial charge on any atom is 0.265 e. The summed E-state index contributed by atoms with van der Waals surface area (Å²) in [5.41, 5.74) is 0. The van der Waals surface area contributed by atoms with Gasteiger partial charge in [0.15, 0.2) is 0 Å². The van der Waals surface area contributed by atoms with E-state index in [0.717, 1.165) is 40.3 Å². The molecular formula is C22H29ClN2O2S. The molecule has 0 unspecified atom stereocenters. The Morgan fingerprint density at radius 2 is 1.75 bits per heavy atom. The number of benzene rings is 1. The largest absolute Gasteiger partial charge is 0.494 e. The van der Waals surface area contributed by atoms with Gasteiger partial charge in [-0.2, -0.15) is 0 Å². The summed E-state index contributed by atoms with van der Waals surface area (Å²) in [7, 11) is 1.64. The van der Waals surface area contributed by atoms with Crippen molar-refractivity contribution in [1.82, 2.24) is 10.6 Å². The molecule has 4 aliphatic rings. The van der Waals surface area contributed by atoms with E-state index in [4.69, 9.17) is 4.74 Å². The van der Waals surface area contributed by atoms with Crippen molar-refractivity contribution in [3.8, 4) is 5.75 Å². The number of carbonyl (C=O) groups excluding carboxylic acids is 1. The topological polar surface area (TPSA) is 50.4 Å². The van der Waals surface area contributed by atoms with Crippen LogP contribution in [-0.4, -0.2) is 32.1 Å². The van der Waals surface area contributed by atoms with Gasteiger partial charge in [0.1, 0.15) is 10.6 Å². The number of hydrogen-bond acceptors (Lipinski definition) is 4. The van der Waals surface area contributed by atoms with Gasteiger partial charge in [-0.1, -0.05) is 12.1 Å². The van der Waals surface area contributed by atoms with E-state index in [1.54, 1.807) is 7.11 Å². The number of hydrogen-bond donors (Lipinski definition) is 2. The number of rotatable bonds is 6. The molecule has 0 aliphatic heterocycles. The van der Waals surface area contributed by atoms with Gasteiger partial charge >= 0.3 is 0 Å². The van der Waals surface area contributed by atoms with Crippen LogP contribution >= 0.6 is 23.7 Å². The molecule has 4 bridgehead atoms. The van der Waals surface area contributed by atoms with Gasteiger partial charge in [0.25, 0.3) is 5.91 Å². The van der Waals surface area contributed by atoms with E-state index in [1.807, 2.05) is 24.3 Å². The maximum atomic E-state index is 12.7. The van der Waals surface area contributed by atoms with Crippen LogP contribution in [0.25, 0.3) is 10.1 Å². The Morgan fingerprint density at radius 1 is 1.07 bits per heavy atom. The molecule has 1 aromatic heterocycles. The predicted molar refractivity (Wildman–Crippen MR) is 117 cm³/mol. The number of nitrogens with one attached hydrogen (secondary N) is 2. The van der Waals surface area contributed by atoms with Crippen molar-refractivity contribution in [3.05, 3.63) is 29.1 Å². The normalized spacial score (nSPS) is 30.2. The van der Waals surface area contributed by atoms with Gasteiger partial charge in [0.2, 0.25) is 0 Å². The van der Waals surface area contributed by atoms with Crippen molar-refractivity contribution in [2.45, 2.75) is 38.1 Å². The van der Waals surface area contributed by atoms with Gasteiger partial charge in [-0.25, -0.2) is 0 Å². The highest BCUT2D eigenvalue weighted by molar-refractivity contribution is 7.21. The number of halogens is 1. The van der Waals surface area contributed by atoms with Crippen molar-refractivity contribution in [1.29, 1.82) is 0 Å². The van der Waals surface area contributed by atoms with Gasteiger partial charge in [0, 0.05) is 29.2 Å². The fourth-order valence-electron chi connectivity index (χ4n) is 6.13. The molecular weight excluding hydrogens is 392 g/mol. The summed E-state index contributed by atoms with van der Waals surface area (Å²) in [5, 5.41) is 7.89. The summed E-state index contributed by atoms with van der Waals surface area (Å²) < 4.78 is 6.61. The van der Waals surface area contributed by atoms with Crippen LogP contribution in [-0.2, 0) is 0 Å². The van der Waals surface area contributed by atoms with Crippen LogP contribution in [0.4, 0.5) is 0 Å². The Labute approximate surface area is 176 Å². The highest BCUT2D eigenvalue weighted by atomic mass is 35.5. The van der Waals surface area contributed by atoms with Crippen LogP contribution in [0.3, 0.4) is 0 Å². The van der Waals surface area contributed by atoms with Crippen LogP contribution in [0.2, 0.25) is 0 Å². The number of fused-ring (bicyclic) bond motifs is 1. The molecule has 2 aromatic rings. The maximum absolute atomic E-state index is 12.7. The van der Waals surface area contributed by atoms with Crippen LogP contribution in [0.15, 0.2) is 24.3 Å². The first-order valence-electron chi connectivity index (χ1n) is 10.3. The number of methoxy groups -OCH3 is 1. The average Bonchev–Trinajstić information content (AvgIpc) is 3.05. The molecule has 1 aromatic carbocycles. The van der Waals surface area contributed by atoms with Crippen LogP contribution < -0.4 is 15.4 Å². The molecule has 2 N–H and O–H groups in total. The molecule has 6 heteroatoms. The second-order valence-corrected chi connectivity index (χ2v) is 9.68. The Morgan fingerprint density at radius 3 is 2.43 bits per heavy atom. The Hall–Kier alpha value is -1.30. The highest BCUT2D eigenvalue weighted by Gasteiger charge is 2.47. The molecule has 0 atom stereocenters. The van der Waals surface area contributed by atoms with Crippen molar-refractivity contribution >= 4 is 39.7 Å². The Kier molecular flexibility index (Phi) is 5.86. The summed E-state index contributed by atoms with van der Waals surface area (Å²) >= 11 is 1.50. The minimum absolute atomic E-state index is 0. The van der Waals surface area contributed by atoms with Crippen LogP contribution in [0, 0.1) is 23.7 Å². The van der Waals surface area contributed by atoms with E-state index in [-0.39, 0.29) is 18.3 Å². The standard InChI is InChI=1S/C22H28N2O2S.ClH/c1-26-20-17-4-2-3-5-18(17)27-21(20)22(25)24-7-6-23-19-15-9-13-8-14(11-15)12-16(19)10-13;/h2-5,13-16,19,23H,6-12H2,1H3,(H,24,25);1H. The summed E-state index contributed by atoms with van der Waals surface area (Å²) in [6, 6.07) is 8.69. The molecule has 1 heterocycles. The first kappa shape index (κ1) is 20.0. The van der Waals surface area contributed by atoms with E-state index in [9.17, 15) is 4.79 Å². The predicted octanol–water partition coefficient (Wildman–Crippen LogP) is 4.48. The van der Waals surface area contributed by atoms with E-state index >= 15 is 0 Å². The average molecular weight is 421 g/mol. The zero-order valence-electron chi connectivity index (χ0n) is 16.3. The lowest BCUT2D eigenvalue weighted by molar-refractivity contribution is -0.0133. The smallest absolute Gasteiger partial charge is 0.265 e. The third-order valence-corrected chi connectivity index (χ3v) is 8.13. The van der Waals surface area contributed by atoms with Crippen LogP contribution in [0.5, 0.6) is 5.75 Å². The number of thiophene rings is 1. The lowest BCUT2D eigenvalue weighted by Crippen LogP contribution is -2.55. The van der Waals surface area contributed by atoms with Crippen molar-refractivity contribution < 1.29 is 9.53 Å². The molecule has 0 spiro atoms. The van der Waals surface area contributed by atoms with Crippen molar-refractivity contribution in [3.63, 3.8) is 0 Å². The lowest BCUT2D eigenvalue weighted by Gasteiger charge is -2.54. The molecule has 4 fully saturated rings. The second-order valence-electron chi connectivity index (χ2n) is 8.63. The molecule has 4 nitrogen and oxygen atoms in total. The number of amides is 1. The van der Waals surface area contributed by atoms with Crippen molar-refractivity contribution in [2.24, 2.45) is 23.7 Å². The monoisotopic (exact) mass is 420 g/mol. The second kappa shape index (κ2) is 8.21. The van der Waals surface area contributed by atoms with Gasteiger partial charge in [-0.15, -0.1) is 23.7 Å². The molecule has 4 aliphatic carbocycles. The van der Waals surface area contributed by atoms with Crippen LogP contribution in [0.1, 0.15) is 41.8 Å². The number of ether oxygens (including phenoxy) is 1. The first-order valence-corrected chi connectivity index (χ1v) is 11.1. The fraction of sp³-hybridized carbons (Fsp3) is 0.591. The summed E-state index contributed by atoms with van der Waals surface area (Å²) in [5.74, 6) is 4.43. The van der Waals surface area contributed by atoms with Gasteiger partial charge in [-0.05, 0) is 67.9 Å². The molecule has 4 saturated carbocycles. The van der Waals surface area contributed by atoms with E-state index in [2.05, 4.69) is 10.6 Å². The molecule has 28 heavy (non-hydrogen) atoms. The van der Waals surface area contributed by atoms with Gasteiger partial charge in [0.05, 0.1) is 7.11 Å². The third-order valence-electron chi connectivity index (χ3n) is 6.98. The van der Waals surface area contributed by atoms with Crippen molar-refractivity contribution in [2.75, 3.05) is 20.2 Å². The molecule has 0 saturated heterocycles. The zero-order chi connectivity index (χ0) is 18.4.